The highest BCUT2D eigenvalue weighted by molar-refractivity contribution is 4.74. The van der Waals surface area contributed by atoms with Gasteiger partial charge in [-0.2, -0.15) is 0 Å². The third kappa shape index (κ3) is 6.46. The molecule has 0 aromatic heterocycles. The average molecular weight is 230 g/mol. The number of hydrogen-bond donors (Lipinski definition) is 1. The highest BCUT2D eigenvalue weighted by Crippen LogP contribution is 2.05. The van der Waals surface area contributed by atoms with Gasteiger partial charge in [0.2, 0.25) is 0 Å². The Labute approximate surface area is 102 Å². The lowest BCUT2D eigenvalue weighted by Crippen LogP contribution is -2.45. The summed E-state index contributed by atoms with van der Waals surface area (Å²) < 4.78 is 5.23. The molecule has 0 radical (unpaired) electrons. The Balaban J connectivity index is 4.12. The molecule has 1 N–H and O–H groups in total. The third-order valence-electron chi connectivity index (χ3n) is 3.02. The highest BCUT2D eigenvalue weighted by atomic mass is 16.5. The molecule has 2 atom stereocenters. The maximum atomic E-state index is 5.23. The number of nitrogens with zero attached hydrogens (tertiary/aromatic N) is 1. The van der Waals surface area contributed by atoms with Crippen LogP contribution >= 0.6 is 0 Å². The molecule has 0 saturated heterocycles. The number of rotatable bonds is 10. The van der Waals surface area contributed by atoms with Crippen LogP contribution in [0, 0.1) is 0 Å². The number of ether oxygens (including phenoxy) is 1. The molecule has 0 aromatic rings. The van der Waals surface area contributed by atoms with E-state index in [0.29, 0.717) is 12.1 Å². The van der Waals surface area contributed by atoms with Crippen LogP contribution in [-0.2, 0) is 4.74 Å². The molecule has 0 amide bonds. The van der Waals surface area contributed by atoms with Gasteiger partial charge in [-0.25, -0.2) is 0 Å². The Morgan fingerprint density at radius 3 is 2.38 bits per heavy atom. The standard InChI is InChI=1S/C13H30N2O/c1-6-9-13(14-7-2)10-15(8-3)12(4)11-16-5/h12-14H,6-11H2,1-5H3. The minimum absolute atomic E-state index is 0.507. The molecule has 0 spiro atoms. The van der Waals surface area contributed by atoms with E-state index in [4.69, 9.17) is 4.74 Å². The lowest BCUT2D eigenvalue weighted by atomic mass is 10.1. The number of likely N-dealkylation sites (N-methyl/N-ethyl adjacent to an activating group) is 2. The summed E-state index contributed by atoms with van der Waals surface area (Å²) in [4.78, 5) is 2.49. The lowest BCUT2D eigenvalue weighted by Gasteiger charge is -2.31. The van der Waals surface area contributed by atoms with Crippen LogP contribution < -0.4 is 5.32 Å². The monoisotopic (exact) mass is 230 g/mol. The number of methoxy groups -OCH3 is 1. The molecule has 3 nitrogen and oxygen atoms in total. The summed E-state index contributed by atoms with van der Waals surface area (Å²) in [6, 6.07) is 1.13. The van der Waals surface area contributed by atoms with E-state index in [0.717, 1.165) is 26.2 Å². The van der Waals surface area contributed by atoms with Gasteiger partial charge in [0.15, 0.2) is 0 Å². The van der Waals surface area contributed by atoms with E-state index in [1.807, 2.05) is 0 Å². The minimum Gasteiger partial charge on any atom is -0.383 e. The van der Waals surface area contributed by atoms with Crippen LogP contribution in [0.4, 0.5) is 0 Å². The maximum Gasteiger partial charge on any atom is 0.0615 e. The van der Waals surface area contributed by atoms with Crippen molar-refractivity contribution in [1.82, 2.24) is 10.2 Å². The highest BCUT2D eigenvalue weighted by Gasteiger charge is 2.16. The first-order chi connectivity index (χ1) is 7.69. The van der Waals surface area contributed by atoms with Crippen LogP contribution in [-0.4, -0.2) is 50.3 Å². The zero-order chi connectivity index (χ0) is 12.4. The fraction of sp³-hybridized carbons (Fsp3) is 1.00. The summed E-state index contributed by atoms with van der Waals surface area (Å²) in [7, 11) is 1.78. The molecule has 0 aromatic carbocycles. The van der Waals surface area contributed by atoms with Crippen molar-refractivity contribution >= 4 is 0 Å². The van der Waals surface area contributed by atoms with Gasteiger partial charge in [-0.1, -0.05) is 27.2 Å². The molecule has 0 aliphatic rings. The summed E-state index contributed by atoms with van der Waals surface area (Å²) in [5.74, 6) is 0. The molecule has 0 saturated carbocycles. The Hall–Kier alpha value is -0.120. The third-order valence-corrected chi connectivity index (χ3v) is 3.02. The number of hydrogen-bond acceptors (Lipinski definition) is 3. The van der Waals surface area contributed by atoms with E-state index in [1.165, 1.54) is 12.8 Å². The Bertz CT molecular complexity index is 147. The van der Waals surface area contributed by atoms with Gasteiger partial charge in [0, 0.05) is 25.7 Å². The van der Waals surface area contributed by atoms with E-state index in [1.54, 1.807) is 7.11 Å². The van der Waals surface area contributed by atoms with Gasteiger partial charge in [-0.15, -0.1) is 0 Å². The van der Waals surface area contributed by atoms with Crippen molar-refractivity contribution in [3.63, 3.8) is 0 Å². The second-order valence-corrected chi connectivity index (χ2v) is 4.44. The quantitative estimate of drug-likeness (QED) is 0.622. The topological polar surface area (TPSA) is 24.5 Å². The molecule has 16 heavy (non-hydrogen) atoms. The van der Waals surface area contributed by atoms with Gasteiger partial charge in [0.25, 0.3) is 0 Å². The van der Waals surface area contributed by atoms with Crippen molar-refractivity contribution in [2.75, 3.05) is 33.4 Å². The Morgan fingerprint density at radius 2 is 1.94 bits per heavy atom. The second-order valence-electron chi connectivity index (χ2n) is 4.44. The summed E-state index contributed by atoms with van der Waals surface area (Å²) >= 11 is 0. The number of nitrogens with one attached hydrogen (secondary N) is 1. The lowest BCUT2D eigenvalue weighted by molar-refractivity contribution is 0.0949. The van der Waals surface area contributed by atoms with Gasteiger partial charge in [0.1, 0.15) is 0 Å². The molecule has 2 unspecified atom stereocenters. The average Bonchev–Trinajstić information content (AvgIpc) is 2.26. The van der Waals surface area contributed by atoms with Crippen molar-refractivity contribution in [2.24, 2.45) is 0 Å². The molecule has 0 rings (SSSR count). The van der Waals surface area contributed by atoms with Gasteiger partial charge in [-0.05, 0) is 26.4 Å². The smallest absolute Gasteiger partial charge is 0.0615 e. The Morgan fingerprint density at radius 1 is 1.25 bits per heavy atom. The fourth-order valence-electron chi connectivity index (χ4n) is 2.15. The van der Waals surface area contributed by atoms with Crippen molar-refractivity contribution in [2.45, 2.75) is 52.6 Å². The van der Waals surface area contributed by atoms with Crippen LogP contribution in [0.25, 0.3) is 0 Å². The van der Waals surface area contributed by atoms with Gasteiger partial charge >= 0.3 is 0 Å². The van der Waals surface area contributed by atoms with Crippen molar-refractivity contribution in [3.8, 4) is 0 Å². The molecular weight excluding hydrogens is 200 g/mol. The van der Waals surface area contributed by atoms with Gasteiger partial charge in [0.05, 0.1) is 6.61 Å². The molecule has 0 bridgehead atoms. The van der Waals surface area contributed by atoms with E-state index < -0.39 is 0 Å². The van der Waals surface area contributed by atoms with Crippen LogP contribution in [0.15, 0.2) is 0 Å². The molecule has 98 valence electrons. The largest absolute Gasteiger partial charge is 0.383 e. The molecule has 0 heterocycles. The molecule has 0 fully saturated rings. The zero-order valence-electron chi connectivity index (χ0n) is 11.8. The van der Waals surface area contributed by atoms with E-state index in [2.05, 4.69) is 37.9 Å². The van der Waals surface area contributed by atoms with Crippen LogP contribution in [0.5, 0.6) is 0 Å². The minimum atomic E-state index is 0.507. The summed E-state index contributed by atoms with van der Waals surface area (Å²) in [5, 5.41) is 3.56. The summed E-state index contributed by atoms with van der Waals surface area (Å²) in [5.41, 5.74) is 0. The van der Waals surface area contributed by atoms with Crippen molar-refractivity contribution in [1.29, 1.82) is 0 Å². The van der Waals surface area contributed by atoms with Gasteiger partial charge in [-0.3, -0.25) is 4.90 Å². The van der Waals surface area contributed by atoms with Crippen LogP contribution in [0.2, 0.25) is 0 Å². The zero-order valence-corrected chi connectivity index (χ0v) is 11.8. The summed E-state index contributed by atoms with van der Waals surface area (Å²) in [6.45, 7) is 13.0. The van der Waals surface area contributed by atoms with E-state index >= 15 is 0 Å². The molecule has 0 aliphatic carbocycles. The second kappa shape index (κ2) is 10.1. The van der Waals surface area contributed by atoms with E-state index in [9.17, 15) is 0 Å². The maximum absolute atomic E-state index is 5.23. The molecular formula is C13H30N2O. The first kappa shape index (κ1) is 15.9. The Kier molecular flexibility index (Phi) is 9.99. The van der Waals surface area contributed by atoms with E-state index in [-0.39, 0.29) is 0 Å². The molecule has 3 heteroatoms. The SMILES string of the molecule is CCCC(CN(CC)C(C)COC)NCC. The first-order valence-electron chi connectivity index (χ1n) is 6.65. The fourth-order valence-corrected chi connectivity index (χ4v) is 2.15. The normalized spacial score (nSPS) is 15.4. The first-order valence-corrected chi connectivity index (χ1v) is 6.65. The van der Waals surface area contributed by atoms with Crippen LogP contribution in [0.1, 0.15) is 40.5 Å². The van der Waals surface area contributed by atoms with Crippen molar-refractivity contribution in [3.05, 3.63) is 0 Å². The summed E-state index contributed by atoms with van der Waals surface area (Å²) in [6.07, 6.45) is 2.50. The predicted octanol–water partition coefficient (Wildman–Crippen LogP) is 2.12. The predicted molar refractivity (Wildman–Crippen MR) is 71.0 cm³/mol. The molecule has 0 aliphatic heterocycles. The van der Waals surface area contributed by atoms with Gasteiger partial charge < -0.3 is 10.1 Å². The van der Waals surface area contributed by atoms with Crippen LogP contribution in [0.3, 0.4) is 0 Å². The van der Waals surface area contributed by atoms with Crippen molar-refractivity contribution < 1.29 is 4.74 Å².